The molecule has 0 fully saturated rings. The van der Waals surface area contributed by atoms with Gasteiger partial charge in [0.15, 0.2) is 5.76 Å². The maximum absolute atomic E-state index is 12.7. The molecule has 1 heterocycles. The summed E-state index contributed by atoms with van der Waals surface area (Å²) in [4.78, 5) is 24.8. The molecule has 2 N–H and O–H groups in total. The summed E-state index contributed by atoms with van der Waals surface area (Å²) < 4.78 is 10.8. The first-order chi connectivity index (χ1) is 13.5. The van der Waals surface area contributed by atoms with E-state index in [4.69, 9.17) is 9.15 Å². The molecule has 0 aliphatic heterocycles. The summed E-state index contributed by atoms with van der Waals surface area (Å²) in [6.45, 7) is 4.62. The van der Waals surface area contributed by atoms with E-state index in [-0.39, 0.29) is 17.6 Å². The Kier molecular flexibility index (Phi) is 6.11. The van der Waals surface area contributed by atoms with Gasteiger partial charge in [0, 0.05) is 11.4 Å². The van der Waals surface area contributed by atoms with Crippen LogP contribution >= 0.6 is 0 Å². The Bertz CT molecular complexity index is 949. The van der Waals surface area contributed by atoms with Crippen molar-refractivity contribution in [3.63, 3.8) is 0 Å². The molecule has 6 heteroatoms. The van der Waals surface area contributed by atoms with Crippen molar-refractivity contribution in [3.05, 3.63) is 78.3 Å². The first kappa shape index (κ1) is 19.2. The highest BCUT2D eigenvalue weighted by atomic mass is 16.5. The third kappa shape index (κ3) is 5.01. The lowest BCUT2D eigenvalue weighted by Crippen LogP contribution is -2.15. The Labute approximate surface area is 163 Å². The number of carbonyl (C=O) groups excluding carboxylic acids is 2. The molecule has 0 unspecified atom stereocenters. The van der Waals surface area contributed by atoms with Crippen LogP contribution in [0, 0.1) is 5.92 Å². The smallest absolute Gasteiger partial charge is 0.291 e. The Morgan fingerprint density at radius 2 is 1.64 bits per heavy atom. The quantitative estimate of drug-likeness (QED) is 0.618. The Hall–Kier alpha value is -3.54. The summed E-state index contributed by atoms with van der Waals surface area (Å²) in [5, 5.41) is 5.57. The summed E-state index contributed by atoms with van der Waals surface area (Å²) in [5.41, 5.74) is 1.55. The van der Waals surface area contributed by atoms with Gasteiger partial charge in [-0.1, -0.05) is 32.0 Å². The summed E-state index contributed by atoms with van der Waals surface area (Å²) in [7, 11) is 0. The van der Waals surface area contributed by atoms with Gasteiger partial charge in [0.05, 0.1) is 18.4 Å². The number of para-hydroxylation sites is 1. The van der Waals surface area contributed by atoms with Gasteiger partial charge in [-0.15, -0.1) is 0 Å². The van der Waals surface area contributed by atoms with E-state index in [9.17, 15) is 9.59 Å². The lowest BCUT2D eigenvalue weighted by Gasteiger charge is -2.13. The fourth-order valence-electron chi connectivity index (χ4n) is 2.51. The first-order valence-corrected chi connectivity index (χ1v) is 9.01. The number of amides is 2. The molecule has 6 nitrogen and oxygen atoms in total. The molecule has 1 aromatic heterocycles. The van der Waals surface area contributed by atoms with Crippen molar-refractivity contribution in [2.24, 2.45) is 5.92 Å². The number of hydrogen-bond acceptors (Lipinski definition) is 4. The fourth-order valence-corrected chi connectivity index (χ4v) is 2.51. The van der Waals surface area contributed by atoms with E-state index in [1.165, 1.54) is 6.26 Å². The van der Waals surface area contributed by atoms with Gasteiger partial charge in [-0.05, 0) is 48.4 Å². The van der Waals surface area contributed by atoms with E-state index in [1.54, 1.807) is 54.6 Å². The standard InChI is InChI=1S/C22H22N2O4/c1-15(2)14-28-19-10-4-3-9-18(19)21(25)23-16-7-5-8-17(13-16)24-22(26)20-11-6-12-27-20/h3-13,15H,14H2,1-2H3,(H,23,25)(H,24,26). The predicted octanol–water partition coefficient (Wildman–Crippen LogP) is 4.82. The molecule has 2 aromatic carbocycles. The largest absolute Gasteiger partial charge is 0.492 e. The highest BCUT2D eigenvalue weighted by molar-refractivity contribution is 6.07. The second kappa shape index (κ2) is 8.90. The molecular weight excluding hydrogens is 356 g/mol. The molecule has 0 atom stereocenters. The van der Waals surface area contributed by atoms with Crippen molar-refractivity contribution < 1.29 is 18.7 Å². The molecule has 3 rings (SSSR count). The summed E-state index contributed by atoms with van der Waals surface area (Å²) >= 11 is 0. The van der Waals surface area contributed by atoms with Crippen molar-refractivity contribution >= 4 is 23.2 Å². The van der Waals surface area contributed by atoms with Crippen molar-refractivity contribution in [3.8, 4) is 5.75 Å². The summed E-state index contributed by atoms with van der Waals surface area (Å²) in [6.07, 6.45) is 1.43. The van der Waals surface area contributed by atoms with Crippen LogP contribution in [0.1, 0.15) is 34.8 Å². The van der Waals surface area contributed by atoms with Crippen LogP contribution in [0.15, 0.2) is 71.3 Å². The van der Waals surface area contributed by atoms with E-state index in [2.05, 4.69) is 10.6 Å². The molecule has 3 aromatic rings. The third-order valence-electron chi connectivity index (χ3n) is 3.83. The number of nitrogens with one attached hydrogen (secondary N) is 2. The molecule has 0 saturated carbocycles. The van der Waals surface area contributed by atoms with E-state index in [1.807, 2.05) is 19.9 Å². The molecular formula is C22H22N2O4. The second-order valence-corrected chi connectivity index (χ2v) is 6.67. The maximum Gasteiger partial charge on any atom is 0.291 e. The minimum atomic E-state index is -0.360. The average molecular weight is 378 g/mol. The molecule has 0 saturated heterocycles. The Balaban J connectivity index is 1.70. The SMILES string of the molecule is CC(C)COc1ccccc1C(=O)Nc1cccc(NC(=O)c2ccco2)c1. The van der Waals surface area contributed by atoms with Crippen molar-refractivity contribution in [2.75, 3.05) is 17.2 Å². The van der Waals surface area contributed by atoms with Gasteiger partial charge < -0.3 is 19.8 Å². The van der Waals surface area contributed by atoms with Crippen LogP contribution < -0.4 is 15.4 Å². The number of ether oxygens (including phenoxy) is 1. The molecule has 0 aliphatic carbocycles. The second-order valence-electron chi connectivity index (χ2n) is 6.67. The van der Waals surface area contributed by atoms with Crippen molar-refractivity contribution in [2.45, 2.75) is 13.8 Å². The van der Waals surface area contributed by atoms with Crippen molar-refractivity contribution in [1.29, 1.82) is 0 Å². The molecule has 0 radical (unpaired) electrons. The van der Waals surface area contributed by atoms with Gasteiger partial charge in [0.1, 0.15) is 5.75 Å². The Morgan fingerprint density at radius 3 is 2.32 bits per heavy atom. The number of benzene rings is 2. The third-order valence-corrected chi connectivity index (χ3v) is 3.83. The van der Waals surface area contributed by atoms with Gasteiger partial charge in [-0.25, -0.2) is 0 Å². The first-order valence-electron chi connectivity index (χ1n) is 9.01. The van der Waals surface area contributed by atoms with Crippen LogP contribution in [-0.4, -0.2) is 18.4 Å². The van der Waals surface area contributed by atoms with Crippen LogP contribution in [0.2, 0.25) is 0 Å². The van der Waals surface area contributed by atoms with Crippen LogP contribution in [0.5, 0.6) is 5.75 Å². The molecule has 144 valence electrons. The maximum atomic E-state index is 12.7. The van der Waals surface area contributed by atoms with Crippen molar-refractivity contribution in [1.82, 2.24) is 0 Å². The highest BCUT2D eigenvalue weighted by Gasteiger charge is 2.14. The zero-order valence-electron chi connectivity index (χ0n) is 15.8. The van der Waals surface area contributed by atoms with Crippen LogP contribution in [0.25, 0.3) is 0 Å². The summed E-state index contributed by atoms with van der Waals surface area (Å²) in [5.74, 6) is 0.460. The number of rotatable bonds is 7. The average Bonchev–Trinajstić information content (AvgIpc) is 3.22. The minimum Gasteiger partial charge on any atom is -0.492 e. The number of furan rings is 1. The fraction of sp³-hybridized carbons (Fsp3) is 0.182. The van der Waals surface area contributed by atoms with E-state index >= 15 is 0 Å². The number of hydrogen-bond donors (Lipinski definition) is 2. The lowest BCUT2D eigenvalue weighted by atomic mass is 10.1. The van der Waals surface area contributed by atoms with Gasteiger partial charge >= 0.3 is 0 Å². The van der Waals surface area contributed by atoms with Gasteiger partial charge in [0.25, 0.3) is 11.8 Å². The zero-order valence-corrected chi connectivity index (χ0v) is 15.8. The predicted molar refractivity (Wildman–Crippen MR) is 108 cm³/mol. The number of anilines is 2. The van der Waals surface area contributed by atoms with E-state index in [0.717, 1.165) is 0 Å². The molecule has 28 heavy (non-hydrogen) atoms. The van der Waals surface area contributed by atoms with Gasteiger partial charge in [-0.3, -0.25) is 9.59 Å². The van der Waals surface area contributed by atoms with Crippen LogP contribution in [0.4, 0.5) is 11.4 Å². The Morgan fingerprint density at radius 1 is 0.929 bits per heavy atom. The topological polar surface area (TPSA) is 80.6 Å². The molecule has 0 bridgehead atoms. The van der Waals surface area contributed by atoms with Gasteiger partial charge in [0.2, 0.25) is 0 Å². The van der Waals surface area contributed by atoms with E-state index in [0.29, 0.717) is 35.2 Å². The highest BCUT2D eigenvalue weighted by Crippen LogP contribution is 2.22. The summed E-state index contributed by atoms with van der Waals surface area (Å²) in [6, 6.07) is 17.2. The minimum absolute atomic E-state index is 0.214. The van der Waals surface area contributed by atoms with Crippen LogP contribution in [0.3, 0.4) is 0 Å². The monoisotopic (exact) mass is 378 g/mol. The van der Waals surface area contributed by atoms with Crippen LogP contribution in [-0.2, 0) is 0 Å². The van der Waals surface area contributed by atoms with Gasteiger partial charge in [-0.2, -0.15) is 0 Å². The molecule has 0 spiro atoms. The normalized spacial score (nSPS) is 10.5. The van der Waals surface area contributed by atoms with E-state index < -0.39 is 0 Å². The molecule has 0 aliphatic rings. The number of carbonyl (C=O) groups is 2. The molecule has 2 amide bonds. The lowest BCUT2D eigenvalue weighted by molar-refractivity contribution is 0.0994. The zero-order chi connectivity index (χ0) is 19.9.